The van der Waals surface area contributed by atoms with Crippen molar-refractivity contribution >= 4 is 54.6 Å². The molecule has 0 unspecified atom stereocenters. The van der Waals surface area contributed by atoms with Crippen LogP contribution in [-0.4, -0.2) is 128 Å². The highest BCUT2D eigenvalue weighted by molar-refractivity contribution is 7.91. The number of benzene rings is 2. The highest BCUT2D eigenvalue weighted by Gasteiger charge is 2.62. The van der Waals surface area contributed by atoms with Crippen LogP contribution in [0.1, 0.15) is 71.1 Å². The zero-order valence-electron chi connectivity index (χ0n) is 35.7. The second-order valence-corrected chi connectivity index (χ2v) is 21.5. The van der Waals surface area contributed by atoms with Crippen molar-refractivity contribution in [3.8, 4) is 22.8 Å². The summed E-state index contributed by atoms with van der Waals surface area (Å²) < 4.78 is 66.9. The lowest BCUT2D eigenvalue weighted by molar-refractivity contribution is -0.145. The van der Waals surface area contributed by atoms with Crippen molar-refractivity contribution in [3.05, 3.63) is 66.7 Å². The molecule has 18 heteroatoms. The minimum absolute atomic E-state index is 0.00557. The van der Waals surface area contributed by atoms with Crippen molar-refractivity contribution < 1.29 is 45.5 Å². The zero-order valence-corrected chi connectivity index (χ0v) is 37.4. The minimum atomic E-state index is -3.93. The summed E-state index contributed by atoms with van der Waals surface area (Å²) in [6.45, 7) is 2.32. The molecule has 4 heterocycles. The zero-order chi connectivity index (χ0) is 44.5. The monoisotopic (exact) mass is 904 g/mol. The van der Waals surface area contributed by atoms with Crippen molar-refractivity contribution in [2.45, 2.75) is 94.1 Å². The van der Waals surface area contributed by atoms with Crippen LogP contribution in [0.15, 0.2) is 66.7 Å². The molecule has 4 amide bonds. The number of hydrogen-bond donors (Lipinski definition) is 2. The third kappa shape index (κ3) is 9.72. The molecule has 63 heavy (non-hydrogen) atoms. The molecule has 2 saturated carbocycles. The highest BCUT2D eigenvalue weighted by atomic mass is 32.2. The first-order chi connectivity index (χ1) is 30.2. The summed E-state index contributed by atoms with van der Waals surface area (Å²) >= 11 is 0. The van der Waals surface area contributed by atoms with Crippen LogP contribution in [0.2, 0.25) is 0 Å². The van der Waals surface area contributed by atoms with E-state index in [1.54, 1.807) is 25.0 Å². The van der Waals surface area contributed by atoms with E-state index < -0.39 is 72.5 Å². The number of rotatable bonds is 11. The second-order valence-electron chi connectivity index (χ2n) is 17.3. The van der Waals surface area contributed by atoms with E-state index >= 15 is 0 Å². The van der Waals surface area contributed by atoms with E-state index in [0.29, 0.717) is 60.2 Å². The Morgan fingerprint density at radius 3 is 2.43 bits per heavy atom. The Hall–Kier alpha value is -5.07. The van der Waals surface area contributed by atoms with Gasteiger partial charge in [-0.3, -0.25) is 23.9 Å². The molecule has 3 aliphatic heterocycles. The summed E-state index contributed by atoms with van der Waals surface area (Å²) in [6.07, 6.45) is 7.41. The van der Waals surface area contributed by atoms with E-state index in [1.807, 2.05) is 60.7 Å². The van der Waals surface area contributed by atoms with Crippen molar-refractivity contribution in [1.82, 2.24) is 29.1 Å². The largest absolute Gasteiger partial charge is 0.497 e. The predicted octanol–water partition coefficient (Wildman–Crippen LogP) is 3.76. The molecule has 2 aliphatic carbocycles. The van der Waals surface area contributed by atoms with E-state index in [2.05, 4.69) is 10.0 Å². The van der Waals surface area contributed by atoms with Gasteiger partial charge in [0.1, 0.15) is 29.2 Å². The standard InChI is InChI=1S/C45H56N6O10S2/c1-3-62(56,57)50-22-20-49(21-23-50)41(52)24-31-14-8-5-4-6-11-15-32-28-45(32,44(55)48-63(58,59)35-17-18-35)47-42(53)39-26-34(29-51(39)43(31)54)61-40-27-37(30-12-9-7-10-13-30)46-38-25-33(60-2)16-19-36(38)40/h7,9-13,15-16,19,25,27,31-32,34-35,39H,3-6,8,14,17-18,20-24,26,28-29H2,1-2H3,(H,47,53)(H,48,55)/t31-,32-,34-,39+,45-/m1/s1. The molecule has 1 aromatic heterocycles. The van der Waals surface area contributed by atoms with Crippen LogP contribution in [0.25, 0.3) is 22.2 Å². The van der Waals surface area contributed by atoms with Crippen molar-refractivity contribution in [1.29, 1.82) is 0 Å². The van der Waals surface area contributed by atoms with Crippen LogP contribution >= 0.6 is 0 Å². The van der Waals surface area contributed by atoms with Gasteiger partial charge in [-0.25, -0.2) is 21.8 Å². The Labute approximate surface area is 368 Å². The maximum atomic E-state index is 15.0. The Morgan fingerprint density at radius 2 is 1.71 bits per heavy atom. The van der Waals surface area contributed by atoms with E-state index in [0.717, 1.165) is 18.4 Å². The first-order valence-electron chi connectivity index (χ1n) is 22.0. The van der Waals surface area contributed by atoms with Crippen molar-refractivity contribution in [2.24, 2.45) is 11.8 Å². The number of sulfonamides is 2. The SMILES string of the molecule is CCS(=O)(=O)N1CCN(C(=O)C[C@H]2CCCCCC=C[C@@H]3C[C@@]3(C(=O)NS(=O)(=O)C3CC3)NC(=O)[C@@H]3C[C@@H](Oc4cc(-c5ccccc5)nc5cc(OC)ccc45)CN3C2=O)CC1. The summed E-state index contributed by atoms with van der Waals surface area (Å²) in [7, 11) is -5.77. The molecular formula is C45H56N6O10S2. The van der Waals surface area contributed by atoms with Gasteiger partial charge < -0.3 is 24.6 Å². The van der Waals surface area contributed by atoms with Crippen LogP contribution in [-0.2, 0) is 39.2 Å². The normalized spacial score (nSPS) is 26.2. The van der Waals surface area contributed by atoms with E-state index in [9.17, 15) is 36.0 Å². The number of fused-ring (bicyclic) bond motifs is 3. The van der Waals surface area contributed by atoms with Crippen molar-refractivity contribution in [3.63, 3.8) is 0 Å². The number of nitrogens with one attached hydrogen (secondary N) is 2. The number of amides is 4. The maximum Gasteiger partial charge on any atom is 0.259 e. The van der Waals surface area contributed by atoms with Gasteiger partial charge >= 0.3 is 0 Å². The lowest BCUT2D eigenvalue weighted by atomic mass is 9.94. The number of piperazine rings is 1. The fourth-order valence-corrected chi connectivity index (χ4v) is 11.5. The van der Waals surface area contributed by atoms with Gasteiger partial charge in [0.05, 0.1) is 35.9 Å². The van der Waals surface area contributed by atoms with Gasteiger partial charge in [0.25, 0.3) is 5.91 Å². The number of aromatic nitrogens is 1. The number of carbonyl (C=O) groups excluding carboxylic acids is 4. The first kappa shape index (κ1) is 44.5. The second kappa shape index (κ2) is 18.2. The van der Waals surface area contributed by atoms with Crippen LogP contribution in [0, 0.1) is 11.8 Å². The molecule has 0 spiro atoms. The van der Waals surface area contributed by atoms with E-state index in [1.165, 1.54) is 9.21 Å². The number of methoxy groups -OCH3 is 1. The van der Waals surface area contributed by atoms with Gasteiger partial charge in [-0.05, 0) is 57.6 Å². The third-order valence-electron chi connectivity index (χ3n) is 13.1. The van der Waals surface area contributed by atoms with Crippen LogP contribution in [0.4, 0.5) is 0 Å². The molecular weight excluding hydrogens is 849 g/mol. The number of carbonyl (C=O) groups is 4. The van der Waals surface area contributed by atoms with Crippen LogP contribution in [0.5, 0.6) is 11.5 Å². The number of hydrogen-bond acceptors (Lipinski definition) is 11. The molecule has 2 N–H and O–H groups in total. The summed E-state index contributed by atoms with van der Waals surface area (Å²) in [4.78, 5) is 65.5. The topological polar surface area (TPSA) is 202 Å². The molecule has 4 fully saturated rings. The highest BCUT2D eigenvalue weighted by Crippen LogP contribution is 2.46. The summed E-state index contributed by atoms with van der Waals surface area (Å²) in [5.74, 6) is -2.28. The lowest BCUT2D eigenvalue weighted by Crippen LogP contribution is -2.57. The predicted molar refractivity (Wildman–Crippen MR) is 235 cm³/mol. The van der Waals surface area contributed by atoms with Gasteiger partial charge in [-0.1, -0.05) is 55.3 Å². The van der Waals surface area contributed by atoms with E-state index in [-0.39, 0.29) is 63.6 Å². The Balaban J connectivity index is 1.10. The number of pyridine rings is 1. The molecule has 8 rings (SSSR count). The quantitative estimate of drug-likeness (QED) is 0.266. The maximum absolute atomic E-state index is 15.0. The number of ether oxygens (including phenoxy) is 2. The molecule has 5 atom stereocenters. The Kier molecular flexibility index (Phi) is 12.9. The van der Waals surface area contributed by atoms with Gasteiger partial charge in [0, 0.05) is 73.9 Å². The molecule has 2 saturated heterocycles. The van der Waals surface area contributed by atoms with Gasteiger partial charge in [0.2, 0.25) is 37.8 Å². The number of nitrogens with zero attached hydrogens (tertiary/aromatic N) is 4. The number of allylic oxidation sites excluding steroid dienone is 1. The molecule has 0 bridgehead atoms. The smallest absolute Gasteiger partial charge is 0.259 e. The summed E-state index contributed by atoms with van der Waals surface area (Å²) in [5, 5.41) is 2.97. The fourth-order valence-electron chi connectivity index (χ4n) is 9.05. The summed E-state index contributed by atoms with van der Waals surface area (Å²) in [6, 6.07) is 15.8. The van der Waals surface area contributed by atoms with Crippen LogP contribution < -0.4 is 19.5 Å². The fraction of sp³-hybridized carbons (Fsp3) is 0.533. The lowest BCUT2D eigenvalue weighted by Gasteiger charge is -2.35. The van der Waals surface area contributed by atoms with Gasteiger partial charge in [-0.15, -0.1) is 0 Å². The summed E-state index contributed by atoms with van der Waals surface area (Å²) in [5.41, 5.74) is 0.571. The average molecular weight is 905 g/mol. The molecule has 5 aliphatic rings. The van der Waals surface area contributed by atoms with Crippen molar-refractivity contribution in [2.75, 3.05) is 45.6 Å². The minimum Gasteiger partial charge on any atom is -0.497 e. The first-order valence-corrected chi connectivity index (χ1v) is 25.2. The molecule has 338 valence electrons. The molecule has 3 aromatic rings. The Bertz CT molecular complexity index is 2490. The van der Waals surface area contributed by atoms with E-state index in [4.69, 9.17) is 14.5 Å². The molecule has 0 radical (unpaired) electrons. The average Bonchev–Trinajstić information content (AvgIpc) is 4.22. The van der Waals surface area contributed by atoms with Crippen LogP contribution in [0.3, 0.4) is 0 Å². The molecule has 16 nitrogen and oxygen atoms in total. The Morgan fingerprint density at radius 1 is 0.952 bits per heavy atom. The van der Waals surface area contributed by atoms with Gasteiger partial charge in [-0.2, -0.15) is 4.31 Å². The third-order valence-corrected chi connectivity index (χ3v) is 16.8. The van der Waals surface area contributed by atoms with Gasteiger partial charge in [0.15, 0.2) is 0 Å². The molecule has 2 aromatic carbocycles.